The van der Waals surface area contributed by atoms with Crippen molar-refractivity contribution >= 4 is 23.5 Å². The van der Waals surface area contributed by atoms with Gasteiger partial charge in [0.1, 0.15) is 0 Å². The van der Waals surface area contributed by atoms with E-state index in [1.54, 1.807) is 18.2 Å². The van der Waals surface area contributed by atoms with Crippen LogP contribution in [-0.2, 0) is 11.2 Å². The van der Waals surface area contributed by atoms with Gasteiger partial charge in [0.25, 0.3) is 5.91 Å². The van der Waals surface area contributed by atoms with E-state index in [1.807, 2.05) is 0 Å². The number of amides is 1. The molecule has 84 valence electrons. The molecule has 1 unspecified atom stereocenters. The van der Waals surface area contributed by atoms with Crippen LogP contribution in [0.1, 0.15) is 22.3 Å². The van der Waals surface area contributed by atoms with Gasteiger partial charge < -0.3 is 10.4 Å². The van der Waals surface area contributed by atoms with Crippen molar-refractivity contribution < 1.29 is 14.7 Å². The van der Waals surface area contributed by atoms with E-state index in [0.29, 0.717) is 17.0 Å². The first-order valence-corrected chi connectivity index (χ1v) is 5.26. The second-order valence-corrected chi connectivity index (χ2v) is 4.15. The molecule has 2 N–H and O–H groups in total. The minimum atomic E-state index is -0.930. The van der Waals surface area contributed by atoms with Gasteiger partial charge in [-0.1, -0.05) is 17.7 Å². The fourth-order valence-corrected chi connectivity index (χ4v) is 2.13. The van der Waals surface area contributed by atoms with Gasteiger partial charge in [-0.05, 0) is 24.1 Å². The van der Waals surface area contributed by atoms with Gasteiger partial charge in [-0.3, -0.25) is 9.59 Å². The molecule has 16 heavy (non-hydrogen) atoms. The zero-order valence-corrected chi connectivity index (χ0v) is 9.12. The molecule has 0 bridgehead atoms. The number of carbonyl (C=O) groups is 2. The summed E-state index contributed by atoms with van der Waals surface area (Å²) in [4.78, 5) is 22.3. The maximum atomic E-state index is 11.7. The number of carbonyl (C=O) groups excluding carboxylic acids is 1. The highest BCUT2D eigenvalue weighted by atomic mass is 35.5. The molecule has 4 nitrogen and oxygen atoms in total. The van der Waals surface area contributed by atoms with E-state index >= 15 is 0 Å². The lowest BCUT2D eigenvalue weighted by atomic mass is 9.93. The van der Waals surface area contributed by atoms with E-state index in [4.69, 9.17) is 16.7 Å². The number of hydrogen-bond donors (Lipinski definition) is 2. The van der Waals surface area contributed by atoms with E-state index in [2.05, 4.69) is 5.32 Å². The van der Waals surface area contributed by atoms with Crippen molar-refractivity contribution in [3.63, 3.8) is 0 Å². The minimum absolute atomic E-state index is 0.0869. The number of fused-ring (bicyclic) bond motifs is 1. The lowest BCUT2D eigenvalue weighted by Crippen LogP contribution is -2.42. The number of carboxylic acid groups (broad SMARTS) is 1. The molecular formula is C11H10ClNO3. The van der Waals surface area contributed by atoms with Crippen LogP contribution in [0.4, 0.5) is 0 Å². The minimum Gasteiger partial charge on any atom is -0.481 e. The van der Waals surface area contributed by atoms with Crippen LogP contribution in [0, 0.1) is 0 Å². The Balaban J connectivity index is 2.31. The van der Waals surface area contributed by atoms with Gasteiger partial charge in [-0.25, -0.2) is 0 Å². The molecule has 1 amide bonds. The van der Waals surface area contributed by atoms with Crippen LogP contribution in [0.3, 0.4) is 0 Å². The molecule has 1 heterocycles. The lowest BCUT2D eigenvalue weighted by Gasteiger charge is -2.25. The summed E-state index contributed by atoms with van der Waals surface area (Å²) >= 11 is 5.98. The Morgan fingerprint density at radius 2 is 2.31 bits per heavy atom. The van der Waals surface area contributed by atoms with Crippen molar-refractivity contribution in [1.82, 2.24) is 5.32 Å². The van der Waals surface area contributed by atoms with Gasteiger partial charge in [0.15, 0.2) is 0 Å². The lowest BCUT2D eigenvalue weighted by molar-refractivity contribution is -0.137. The number of nitrogens with one attached hydrogen (secondary N) is 1. The number of aliphatic carboxylic acids is 1. The second kappa shape index (κ2) is 4.14. The summed E-state index contributed by atoms with van der Waals surface area (Å²) in [6.45, 7) is 0. The van der Waals surface area contributed by atoms with Crippen molar-refractivity contribution in [2.24, 2.45) is 0 Å². The number of carboxylic acids is 1. The Hall–Kier alpha value is -1.55. The van der Waals surface area contributed by atoms with Crippen LogP contribution < -0.4 is 5.32 Å². The van der Waals surface area contributed by atoms with Crippen molar-refractivity contribution in [2.75, 3.05) is 0 Å². The summed E-state index contributed by atoms with van der Waals surface area (Å²) in [7, 11) is 0. The quantitative estimate of drug-likeness (QED) is 0.821. The van der Waals surface area contributed by atoms with Crippen molar-refractivity contribution in [3.05, 3.63) is 34.3 Å². The summed E-state index contributed by atoms with van der Waals surface area (Å²) in [6, 6.07) is 4.72. The SMILES string of the molecule is O=C(O)CC1Cc2c(Cl)cccc2C(=O)N1. The van der Waals surface area contributed by atoms with Crippen LogP contribution in [0.5, 0.6) is 0 Å². The van der Waals surface area contributed by atoms with E-state index in [9.17, 15) is 9.59 Å². The van der Waals surface area contributed by atoms with Crippen LogP contribution >= 0.6 is 11.6 Å². The molecular weight excluding hydrogens is 230 g/mol. The molecule has 2 rings (SSSR count). The van der Waals surface area contributed by atoms with Gasteiger partial charge >= 0.3 is 5.97 Å². The largest absolute Gasteiger partial charge is 0.481 e. The Bertz CT molecular complexity index is 459. The Morgan fingerprint density at radius 1 is 1.56 bits per heavy atom. The molecule has 1 aliphatic rings. The highest BCUT2D eigenvalue weighted by Crippen LogP contribution is 2.25. The number of benzene rings is 1. The topological polar surface area (TPSA) is 66.4 Å². The van der Waals surface area contributed by atoms with E-state index in [0.717, 1.165) is 5.56 Å². The third-order valence-corrected chi connectivity index (χ3v) is 2.92. The first-order valence-electron chi connectivity index (χ1n) is 4.88. The molecule has 1 atom stereocenters. The average Bonchev–Trinajstić information content (AvgIpc) is 2.19. The summed E-state index contributed by atoms with van der Waals surface area (Å²) in [6.07, 6.45) is 0.378. The van der Waals surface area contributed by atoms with Crippen molar-refractivity contribution in [1.29, 1.82) is 0 Å². The summed E-state index contributed by atoms with van der Waals surface area (Å²) in [5, 5.41) is 11.9. The summed E-state index contributed by atoms with van der Waals surface area (Å²) in [5.74, 6) is -1.18. The Kier molecular flexibility index (Phi) is 2.83. The number of rotatable bonds is 2. The number of halogens is 1. The average molecular weight is 240 g/mol. The monoisotopic (exact) mass is 239 g/mol. The molecule has 5 heteroatoms. The maximum Gasteiger partial charge on any atom is 0.305 e. The molecule has 0 fully saturated rings. The third kappa shape index (κ3) is 2.02. The smallest absolute Gasteiger partial charge is 0.305 e. The molecule has 0 spiro atoms. The Morgan fingerprint density at radius 3 is 3.00 bits per heavy atom. The molecule has 0 saturated carbocycles. The second-order valence-electron chi connectivity index (χ2n) is 3.74. The predicted octanol–water partition coefficient (Wildman–Crippen LogP) is 1.47. The first kappa shape index (κ1) is 11.0. The van der Waals surface area contributed by atoms with E-state index in [1.165, 1.54) is 0 Å². The first-order chi connectivity index (χ1) is 7.58. The fraction of sp³-hybridized carbons (Fsp3) is 0.273. The summed E-state index contributed by atoms with van der Waals surface area (Å²) < 4.78 is 0. The van der Waals surface area contributed by atoms with Crippen LogP contribution in [0.15, 0.2) is 18.2 Å². The highest BCUT2D eigenvalue weighted by molar-refractivity contribution is 6.32. The van der Waals surface area contributed by atoms with Gasteiger partial charge in [-0.15, -0.1) is 0 Å². The molecule has 1 aromatic rings. The van der Waals surface area contributed by atoms with E-state index in [-0.39, 0.29) is 18.4 Å². The van der Waals surface area contributed by atoms with Crippen LogP contribution in [0.2, 0.25) is 5.02 Å². The molecule has 0 aliphatic carbocycles. The van der Waals surface area contributed by atoms with Crippen molar-refractivity contribution in [3.8, 4) is 0 Å². The zero-order chi connectivity index (χ0) is 11.7. The third-order valence-electron chi connectivity index (χ3n) is 2.57. The van der Waals surface area contributed by atoms with Crippen LogP contribution in [0.25, 0.3) is 0 Å². The Labute approximate surface area is 97.2 Å². The fourth-order valence-electron chi connectivity index (χ4n) is 1.87. The van der Waals surface area contributed by atoms with Gasteiger partial charge in [0.2, 0.25) is 0 Å². The van der Waals surface area contributed by atoms with Crippen molar-refractivity contribution in [2.45, 2.75) is 18.9 Å². The molecule has 0 saturated heterocycles. The molecule has 1 aromatic carbocycles. The van der Waals surface area contributed by atoms with Gasteiger partial charge in [0.05, 0.1) is 6.42 Å². The van der Waals surface area contributed by atoms with Gasteiger partial charge in [-0.2, -0.15) is 0 Å². The van der Waals surface area contributed by atoms with Crippen LogP contribution in [-0.4, -0.2) is 23.0 Å². The molecule has 0 aromatic heterocycles. The maximum absolute atomic E-state index is 11.7. The zero-order valence-electron chi connectivity index (χ0n) is 8.37. The highest BCUT2D eigenvalue weighted by Gasteiger charge is 2.26. The summed E-state index contributed by atoms with van der Waals surface area (Å²) in [5.41, 5.74) is 1.27. The standard InChI is InChI=1S/C11H10ClNO3/c12-9-3-1-2-7-8(9)4-6(5-10(14)15)13-11(7)16/h1-3,6H,4-5H2,(H,13,16)(H,14,15). The predicted molar refractivity (Wildman–Crippen MR) is 58.7 cm³/mol. The molecule has 1 aliphatic heterocycles. The van der Waals surface area contributed by atoms with E-state index < -0.39 is 5.97 Å². The normalized spacial score (nSPS) is 18.8. The van der Waals surface area contributed by atoms with Gasteiger partial charge in [0, 0.05) is 16.6 Å². The molecule has 0 radical (unpaired) electrons. The number of hydrogen-bond acceptors (Lipinski definition) is 2.